The third kappa shape index (κ3) is 2.97. The molecule has 5 nitrogen and oxygen atoms in total. The van der Waals surface area contributed by atoms with Crippen LogP contribution < -0.4 is 10.6 Å². The molecule has 1 atom stereocenters. The second kappa shape index (κ2) is 5.74. The van der Waals surface area contributed by atoms with E-state index in [0.717, 1.165) is 43.6 Å². The third-order valence-corrected chi connectivity index (χ3v) is 4.01. The van der Waals surface area contributed by atoms with Crippen molar-refractivity contribution in [2.24, 2.45) is 12.5 Å². The van der Waals surface area contributed by atoms with E-state index in [1.807, 2.05) is 20.2 Å². The summed E-state index contributed by atoms with van der Waals surface area (Å²) in [5.74, 6) is 0.183. The molecule has 0 aliphatic carbocycles. The number of amides is 1. The highest BCUT2D eigenvalue weighted by atomic mass is 16.2. The quantitative estimate of drug-likeness (QED) is 0.838. The minimum Gasteiger partial charge on any atom is -0.351 e. The Labute approximate surface area is 114 Å². The van der Waals surface area contributed by atoms with Gasteiger partial charge >= 0.3 is 0 Å². The van der Waals surface area contributed by atoms with Crippen molar-refractivity contribution in [3.05, 3.63) is 17.5 Å². The zero-order valence-corrected chi connectivity index (χ0v) is 12.1. The number of rotatable bonds is 5. The summed E-state index contributed by atoms with van der Waals surface area (Å²) in [6.07, 6.45) is 4.91. The molecule has 1 fully saturated rings. The average Bonchev–Trinajstić information content (AvgIpc) is 2.95. The van der Waals surface area contributed by atoms with Crippen LogP contribution in [0, 0.1) is 12.3 Å². The van der Waals surface area contributed by atoms with E-state index in [9.17, 15) is 4.79 Å². The normalized spacial score (nSPS) is 22.7. The van der Waals surface area contributed by atoms with Crippen LogP contribution in [0.1, 0.15) is 37.4 Å². The summed E-state index contributed by atoms with van der Waals surface area (Å²) in [5, 5.41) is 10.7. The minimum atomic E-state index is -0.204. The van der Waals surface area contributed by atoms with Gasteiger partial charge in [-0.3, -0.25) is 9.48 Å². The smallest absolute Gasteiger partial charge is 0.227 e. The van der Waals surface area contributed by atoms with Crippen molar-refractivity contribution in [3.63, 3.8) is 0 Å². The molecular weight excluding hydrogens is 240 g/mol. The van der Waals surface area contributed by atoms with Crippen molar-refractivity contribution < 1.29 is 4.79 Å². The predicted octanol–water partition coefficient (Wildman–Crippen LogP) is 1.12. The zero-order valence-electron chi connectivity index (χ0n) is 12.1. The van der Waals surface area contributed by atoms with Gasteiger partial charge in [0.25, 0.3) is 0 Å². The second-order valence-corrected chi connectivity index (χ2v) is 5.55. The first kappa shape index (κ1) is 14.1. The number of aromatic nitrogens is 2. The molecule has 1 amide bonds. The highest BCUT2D eigenvalue weighted by molar-refractivity contribution is 5.83. The van der Waals surface area contributed by atoms with Crippen molar-refractivity contribution in [1.29, 1.82) is 0 Å². The van der Waals surface area contributed by atoms with Crippen LogP contribution in [0.3, 0.4) is 0 Å². The van der Waals surface area contributed by atoms with E-state index in [0.29, 0.717) is 6.54 Å². The Bertz CT molecular complexity index is 446. The zero-order chi connectivity index (χ0) is 13.9. The molecule has 0 spiro atoms. The van der Waals surface area contributed by atoms with Crippen molar-refractivity contribution in [3.8, 4) is 0 Å². The number of aryl methyl sites for hydroxylation is 2. The van der Waals surface area contributed by atoms with E-state index in [4.69, 9.17) is 0 Å². The van der Waals surface area contributed by atoms with Crippen LogP contribution in [0.25, 0.3) is 0 Å². The van der Waals surface area contributed by atoms with Gasteiger partial charge in [-0.2, -0.15) is 5.10 Å². The van der Waals surface area contributed by atoms with E-state index >= 15 is 0 Å². The summed E-state index contributed by atoms with van der Waals surface area (Å²) in [7, 11) is 1.90. The summed E-state index contributed by atoms with van der Waals surface area (Å²) in [5.41, 5.74) is 1.87. The van der Waals surface area contributed by atoms with Crippen molar-refractivity contribution >= 4 is 5.91 Å². The van der Waals surface area contributed by atoms with Gasteiger partial charge in [0.05, 0.1) is 11.1 Å². The summed E-state index contributed by atoms with van der Waals surface area (Å²) in [6, 6.07) is 0. The molecule has 1 aliphatic rings. The SMILES string of the molecule is CCCC1(C(=O)NCc2cn(C)nc2C)CCNC1. The standard InChI is InChI=1S/C14H24N4O/c1-4-5-14(6-7-15-10-14)13(19)16-8-12-9-18(3)17-11(12)2/h9,15H,4-8,10H2,1-3H3,(H,16,19). The lowest BCUT2D eigenvalue weighted by atomic mass is 9.81. The molecule has 106 valence electrons. The molecule has 19 heavy (non-hydrogen) atoms. The molecule has 0 aromatic carbocycles. The largest absolute Gasteiger partial charge is 0.351 e. The van der Waals surface area contributed by atoms with Gasteiger partial charge in [0.2, 0.25) is 5.91 Å². The third-order valence-electron chi connectivity index (χ3n) is 4.01. The Morgan fingerprint density at radius 1 is 1.63 bits per heavy atom. The number of nitrogens with zero attached hydrogens (tertiary/aromatic N) is 2. The van der Waals surface area contributed by atoms with Crippen LogP contribution >= 0.6 is 0 Å². The van der Waals surface area contributed by atoms with Gasteiger partial charge in [-0.25, -0.2) is 0 Å². The van der Waals surface area contributed by atoms with Gasteiger partial charge in [-0.05, 0) is 26.3 Å². The van der Waals surface area contributed by atoms with E-state index < -0.39 is 0 Å². The van der Waals surface area contributed by atoms with Crippen LogP contribution in [-0.2, 0) is 18.4 Å². The Balaban J connectivity index is 1.98. The highest BCUT2D eigenvalue weighted by Gasteiger charge is 2.39. The summed E-state index contributed by atoms with van der Waals surface area (Å²) < 4.78 is 1.79. The van der Waals surface area contributed by atoms with Crippen LogP contribution in [0.15, 0.2) is 6.20 Å². The molecular formula is C14H24N4O. The molecule has 2 heterocycles. The molecule has 1 aromatic rings. The van der Waals surface area contributed by atoms with Gasteiger partial charge in [-0.1, -0.05) is 13.3 Å². The fraction of sp³-hybridized carbons (Fsp3) is 0.714. The number of carbonyl (C=O) groups is 1. The van der Waals surface area contributed by atoms with Gasteiger partial charge in [0.1, 0.15) is 0 Å². The lowest BCUT2D eigenvalue weighted by molar-refractivity contribution is -0.130. The van der Waals surface area contributed by atoms with E-state index in [1.54, 1.807) is 4.68 Å². The lowest BCUT2D eigenvalue weighted by Gasteiger charge is -2.26. The van der Waals surface area contributed by atoms with E-state index in [-0.39, 0.29) is 11.3 Å². The number of nitrogens with one attached hydrogen (secondary N) is 2. The Morgan fingerprint density at radius 2 is 2.42 bits per heavy atom. The second-order valence-electron chi connectivity index (χ2n) is 5.55. The summed E-state index contributed by atoms with van der Waals surface area (Å²) >= 11 is 0. The maximum atomic E-state index is 12.5. The highest BCUT2D eigenvalue weighted by Crippen LogP contribution is 2.31. The number of hydrogen-bond acceptors (Lipinski definition) is 3. The average molecular weight is 264 g/mol. The first-order valence-electron chi connectivity index (χ1n) is 7.05. The van der Waals surface area contributed by atoms with Crippen LogP contribution in [0.2, 0.25) is 0 Å². The maximum absolute atomic E-state index is 12.5. The van der Waals surface area contributed by atoms with E-state index in [1.165, 1.54) is 0 Å². The molecule has 1 aromatic heterocycles. The fourth-order valence-corrected chi connectivity index (χ4v) is 2.93. The van der Waals surface area contributed by atoms with Gasteiger partial charge < -0.3 is 10.6 Å². The Kier molecular flexibility index (Phi) is 4.24. The Morgan fingerprint density at radius 3 is 2.95 bits per heavy atom. The first-order valence-corrected chi connectivity index (χ1v) is 7.05. The topological polar surface area (TPSA) is 59.0 Å². The maximum Gasteiger partial charge on any atom is 0.227 e. The monoisotopic (exact) mass is 264 g/mol. The molecule has 2 N–H and O–H groups in total. The number of hydrogen-bond donors (Lipinski definition) is 2. The molecule has 2 rings (SSSR count). The van der Waals surface area contributed by atoms with Gasteiger partial charge in [-0.15, -0.1) is 0 Å². The fourth-order valence-electron chi connectivity index (χ4n) is 2.93. The first-order chi connectivity index (χ1) is 9.07. The molecule has 1 unspecified atom stereocenters. The molecule has 0 radical (unpaired) electrons. The van der Waals surface area contributed by atoms with Crippen LogP contribution in [0.4, 0.5) is 0 Å². The van der Waals surface area contributed by atoms with Crippen LogP contribution in [0.5, 0.6) is 0 Å². The molecule has 1 aliphatic heterocycles. The van der Waals surface area contributed by atoms with Crippen molar-refractivity contribution in [2.45, 2.75) is 39.7 Å². The van der Waals surface area contributed by atoms with E-state index in [2.05, 4.69) is 22.7 Å². The molecule has 1 saturated heterocycles. The minimum absolute atomic E-state index is 0.183. The van der Waals surface area contributed by atoms with Gasteiger partial charge in [0.15, 0.2) is 0 Å². The Hall–Kier alpha value is -1.36. The number of carbonyl (C=O) groups excluding carboxylic acids is 1. The van der Waals surface area contributed by atoms with Gasteiger partial charge in [0, 0.05) is 31.9 Å². The van der Waals surface area contributed by atoms with Crippen molar-refractivity contribution in [1.82, 2.24) is 20.4 Å². The molecule has 5 heteroatoms. The predicted molar refractivity (Wildman–Crippen MR) is 74.6 cm³/mol. The molecule has 0 bridgehead atoms. The van der Waals surface area contributed by atoms with Crippen LogP contribution in [-0.4, -0.2) is 28.8 Å². The summed E-state index contributed by atoms with van der Waals surface area (Å²) in [6.45, 7) is 6.43. The lowest BCUT2D eigenvalue weighted by Crippen LogP contribution is -2.42. The molecule has 0 saturated carbocycles. The summed E-state index contributed by atoms with van der Waals surface area (Å²) in [4.78, 5) is 12.5. The van der Waals surface area contributed by atoms with Crippen molar-refractivity contribution in [2.75, 3.05) is 13.1 Å².